The molecular formula is C24H29FN4O2. The summed E-state index contributed by atoms with van der Waals surface area (Å²) in [4.78, 5) is 32.1. The molecule has 3 aromatic rings. The summed E-state index contributed by atoms with van der Waals surface area (Å²) >= 11 is 0. The van der Waals surface area contributed by atoms with Gasteiger partial charge in [0, 0.05) is 17.6 Å². The Kier molecular flexibility index (Phi) is 7.41. The molecule has 31 heavy (non-hydrogen) atoms. The first-order chi connectivity index (χ1) is 14.9. The van der Waals surface area contributed by atoms with Crippen LogP contribution in [0.1, 0.15) is 24.5 Å². The third-order valence-electron chi connectivity index (χ3n) is 5.19. The summed E-state index contributed by atoms with van der Waals surface area (Å²) in [6, 6.07) is 13.4. The summed E-state index contributed by atoms with van der Waals surface area (Å²) < 4.78 is 14.0. The fourth-order valence-electron chi connectivity index (χ4n) is 3.43. The van der Waals surface area contributed by atoms with Gasteiger partial charge in [-0.25, -0.2) is 9.18 Å². The zero-order valence-electron chi connectivity index (χ0n) is 18.2. The van der Waals surface area contributed by atoms with Gasteiger partial charge < -0.3 is 20.1 Å². The van der Waals surface area contributed by atoms with Crippen molar-refractivity contribution in [1.82, 2.24) is 14.8 Å². The van der Waals surface area contributed by atoms with E-state index in [9.17, 15) is 14.0 Å². The summed E-state index contributed by atoms with van der Waals surface area (Å²) in [7, 11) is 3.92. The average molecular weight is 425 g/mol. The Morgan fingerprint density at radius 2 is 1.87 bits per heavy atom. The molecule has 1 aromatic heterocycles. The number of para-hydroxylation sites is 1. The second-order valence-electron chi connectivity index (χ2n) is 7.89. The molecule has 2 N–H and O–H groups in total. The van der Waals surface area contributed by atoms with E-state index in [1.165, 1.54) is 17.7 Å². The maximum absolute atomic E-state index is 14.0. The number of nitrogens with zero attached hydrogens (tertiary/aromatic N) is 2. The van der Waals surface area contributed by atoms with Gasteiger partial charge in [-0.2, -0.15) is 0 Å². The Labute approximate surface area is 181 Å². The smallest absolute Gasteiger partial charge is 0.322 e. The lowest BCUT2D eigenvalue weighted by molar-refractivity contribution is 0.205. The van der Waals surface area contributed by atoms with Crippen molar-refractivity contribution >= 4 is 22.6 Å². The zero-order chi connectivity index (χ0) is 22.4. The maximum Gasteiger partial charge on any atom is 0.322 e. The molecule has 7 heteroatoms. The molecule has 0 unspecified atom stereocenters. The van der Waals surface area contributed by atoms with Crippen LogP contribution >= 0.6 is 0 Å². The number of aromatic amines is 1. The summed E-state index contributed by atoms with van der Waals surface area (Å²) in [5, 5.41) is 3.56. The van der Waals surface area contributed by atoms with E-state index < -0.39 is 11.8 Å². The number of amides is 2. The summed E-state index contributed by atoms with van der Waals surface area (Å²) in [6.07, 6.45) is 1.62. The van der Waals surface area contributed by atoms with Crippen LogP contribution in [0.15, 0.2) is 53.3 Å². The predicted molar refractivity (Wildman–Crippen MR) is 123 cm³/mol. The van der Waals surface area contributed by atoms with Crippen molar-refractivity contribution in [2.24, 2.45) is 0 Å². The lowest BCUT2D eigenvalue weighted by Crippen LogP contribution is -2.38. The SMILES string of the molecule is CCc1ccc2[nH]c(=O)c(CN(CCCN(C)C)C(=O)Nc3ccccc3F)cc2c1. The van der Waals surface area contributed by atoms with Gasteiger partial charge in [0.15, 0.2) is 0 Å². The Hall–Kier alpha value is -3.19. The maximum atomic E-state index is 14.0. The number of pyridine rings is 1. The molecule has 0 radical (unpaired) electrons. The highest BCUT2D eigenvalue weighted by Gasteiger charge is 2.17. The number of carbonyl (C=O) groups is 1. The first-order valence-corrected chi connectivity index (χ1v) is 10.5. The average Bonchev–Trinajstić information content (AvgIpc) is 2.74. The number of rotatable bonds is 8. The van der Waals surface area contributed by atoms with Gasteiger partial charge in [-0.1, -0.05) is 25.1 Å². The molecule has 2 amide bonds. The Morgan fingerprint density at radius 3 is 2.58 bits per heavy atom. The van der Waals surface area contributed by atoms with E-state index in [1.54, 1.807) is 17.0 Å². The van der Waals surface area contributed by atoms with E-state index in [0.717, 1.165) is 30.3 Å². The van der Waals surface area contributed by atoms with Gasteiger partial charge in [-0.15, -0.1) is 0 Å². The predicted octanol–water partition coefficient (Wildman–Crippen LogP) is 4.22. The van der Waals surface area contributed by atoms with Crippen LogP contribution in [0.25, 0.3) is 10.9 Å². The number of hydrogen-bond donors (Lipinski definition) is 2. The van der Waals surface area contributed by atoms with Crippen LogP contribution < -0.4 is 10.9 Å². The quantitative estimate of drug-likeness (QED) is 0.569. The van der Waals surface area contributed by atoms with Gasteiger partial charge in [-0.3, -0.25) is 4.79 Å². The van der Waals surface area contributed by atoms with Gasteiger partial charge >= 0.3 is 6.03 Å². The first-order valence-electron chi connectivity index (χ1n) is 10.5. The van der Waals surface area contributed by atoms with E-state index in [-0.39, 0.29) is 17.8 Å². The molecule has 0 aliphatic rings. The minimum absolute atomic E-state index is 0.116. The summed E-state index contributed by atoms with van der Waals surface area (Å²) in [6.45, 7) is 3.44. The van der Waals surface area contributed by atoms with Crippen molar-refractivity contribution < 1.29 is 9.18 Å². The number of carbonyl (C=O) groups excluding carboxylic acids is 1. The number of halogens is 1. The second-order valence-corrected chi connectivity index (χ2v) is 7.89. The van der Waals surface area contributed by atoms with Crippen LogP contribution in [0.4, 0.5) is 14.9 Å². The van der Waals surface area contributed by atoms with Gasteiger partial charge in [0.1, 0.15) is 5.82 Å². The molecule has 3 rings (SSSR count). The van der Waals surface area contributed by atoms with Gasteiger partial charge in [0.25, 0.3) is 5.56 Å². The number of aromatic nitrogens is 1. The van der Waals surface area contributed by atoms with Crippen LogP contribution in [-0.4, -0.2) is 48.0 Å². The van der Waals surface area contributed by atoms with E-state index in [0.29, 0.717) is 12.1 Å². The zero-order valence-corrected chi connectivity index (χ0v) is 18.2. The van der Waals surface area contributed by atoms with Crippen molar-refractivity contribution in [3.63, 3.8) is 0 Å². The number of benzene rings is 2. The molecule has 0 spiro atoms. The Morgan fingerprint density at radius 1 is 1.10 bits per heavy atom. The molecule has 2 aromatic carbocycles. The number of urea groups is 1. The largest absolute Gasteiger partial charge is 0.322 e. The molecule has 0 saturated heterocycles. The first kappa shape index (κ1) is 22.5. The van der Waals surface area contributed by atoms with Crippen LogP contribution in [-0.2, 0) is 13.0 Å². The topological polar surface area (TPSA) is 68.4 Å². The van der Waals surface area contributed by atoms with Crippen LogP contribution in [0, 0.1) is 5.82 Å². The number of aryl methyl sites for hydroxylation is 1. The molecule has 0 saturated carbocycles. The minimum Gasteiger partial charge on any atom is -0.322 e. The summed E-state index contributed by atoms with van der Waals surface area (Å²) in [5.41, 5.74) is 2.32. The molecule has 0 bridgehead atoms. The van der Waals surface area contributed by atoms with Crippen molar-refractivity contribution in [1.29, 1.82) is 0 Å². The monoisotopic (exact) mass is 424 g/mol. The minimum atomic E-state index is -0.500. The highest BCUT2D eigenvalue weighted by molar-refractivity contribution is 5.89. The second kappa shape index (κ2) is 10.2. The van der Waals surface area contributed by atoms with Gasteiger partial charge in [0.05, 0.1) is 12.2 Å². The molecule has 0 atom stereocenters. The standard InChI is InChI=1S/C24H29FN4O2/c1-4-17-10-11-21-18(14-17)15-19(23(30)26-21)16-29(13-7-12-28(2)3)24(31)27-22-9-6-5-8-20(22)25/h5-6,8-11,14-15H,4,7,12-13,16H2,1-3H3,(H,26,30)(H,27,31). The van der Waals surface area contributed by atoms with E-state index >= 15 is 0 Å². The van der Waals surface area contributed by atoms with Crippen LogP contribution in [0.5, 0.6) is 0 Å². The van der Waals surface area contributed by atoms with Gasteiger partial charge in [-0.05, 0) is 74.8 Å². The van der Waals surface area contributed by atoms with Gasteiger partial charge in [0.2, 0.25) is 0 Å². The fourth-order valence-corrected chi connectivity index (χ4v) is 3.43. The Balaban J connectivity index is 1.86. The van der Waals surface area contributed by atoms with E-state index in [4.69, 9.17) is 0 Å². The normalized spacial score (nSPS) is 11.1. The third kappa shape index (κ3) is 5.92. The molecule has 1 heterocycles. The number of hydrogen-bond acceptors (Lipinski definition) is 3. The molecular weight excluding hydrogens is 395 g/mol. The molecule has 0 aliphatic heterocycles. The summed E-state index contributed by atoms with van der Waals surface area (Å²) in [5.74, 6) is -0.500. The van der Waals surface area contributed by atoms with E-state index in [2.05, 4.69) is 17.2 Å². The van der Waals surface area contributed by atoms with Crippen molar-refractivity contribution in [2.75, 3.05) is 32.5 Å². The fraction of sp³-hybridized carbons (Fsp3) is 0.333. The molecule has 164 valence electrons. The van der Waals surface area contributed by atoms with Crippen molar-refractivity contribution in [3.05, 3.63) is 75.8 Å². The molecule has 6 nitrogen and oxygen atoms in total. The van der Waals surface area contributed by atoms with Crippen LogP contribution in [0.2, 0.25) is 0 Å². The lowest BCUT2D eigenvalue weighted by atomic mass is 10.1. The van der Waals surface area contributed by atoms with Crippen molar-refractivity contribution in [2.45, 2.75) is 26.3 Å². The number of H-pyrrole nitrogens is 1. The lowest BCUT2D eigenvalue weighted by Gasteiger charge is -2.24. The third-order valence-corrected chi connectivity index (χ3v) is 5.19. The Bertz CT molecular complexity index is 1110. The van der Waals surface area contributed by atoms with Crippen LogP contribution in [0.3, 0.4) is 0 Å². The highest BCUT2D eigenvalue weighted by Crippen LogP contribution is 2.17. The van der Waals surface area contributed by atoms with Crippen molar-refractivity contribution in [3.8, 4) is 0 Å². The number of nitrogens with one attached hydrogen (secondary N) is 2. The number of anilines is 1. The number of fused-ring (bicyclic) bond motifs is 1. The van der Waals surface area contributed by atoms with E-state index in [1.807, 2.05) is 43.3 Å². The highest BCUT2D eigenvalue weighted by atomic mass is 19.1. The molecule has 0 aliphatic carbocycles. The molecule has 0 fully saturated rings.